The Balaban J connectivity index is 1.72. The van der Waals surface area contributed by atoms with Gasteiger partial charge in [0.15, 0.2) is 0 Å². The molecule has 0 saturated heterocycles. The smallest absolute Gasteiger partial charge is 0.0481 e. The van der Waals surface area contributed by atoms with Crippen molar-refractivity contribution >= 4 is 0 Å². The summed E-state index contributed by atoms with van der Waals surface area (Å²) in [6.45, 7) is 0. The first-order valence-electron chi connectivity index (χ1n) is 7.54. The lowest BCUT2D eigenvalue weighted by atomic mass is 9.79. The van der Waals surface area contributed by atoms with Crippen LogP contribution in [-0.2, 0) is 6.42 Å². The van der Waals surface area contributed by atoms with E-state index in [1.165, 1.54) is 62.6 Å². The number of nitrogens with two attached hydrogens (primary N) is 1. The molecule has 0 bridgehead atoms. The number of pyridine rings is 1. The van der Waals surface area contributed by atoms with Crippen LogP contribution in [0.1, 0.15) is 62.1 Å². The van der Waals surface area contributed by atoms with Gasteiger partial charge in [0.2, 0.25) is 0 Å². The molecule has 1 aromatic heterocycles. The van der Waals surface area contributed by atoms with Crippen molar-refractivity contribution < 1.29 is 0 Å². The van der Waals surface area contributed by atoms with Crippen molar-refractivity contribution in [3.05, 3.63) is 29.6 Å². The highest BCUT2D eigenvalue weighted by atomic mass is 14.7. The quantitative estimate of drug-likeness (QED) is 0.885. The van der Waals surface area contributed by atoms with Crippen molar-refractivity contribution in [1.82, 2.24) is 4.98 Å². The second-order valence-corrected chi connectivity index (χ2v) is 6.10. The first-order chi connectivity index (χ1) is 8.84. The van der Waals surface area contributed by atoms with Crippen LogP contribution in [0, 0.1) is 5.92 Å². The SMILES string of the molecule is NC(CC1CCCC1)C1CCCc2cccnc21. The topological polar surface area (TPSA) is 38.9 Å². The van der Waals surface area contributed by atoms with E-state index in [0.29, 0.717) is 12.0 Å². The largest absolute Gasteiger partial charge is 0.327 e. The summed E-state index contributed by atoms with van der Waals surface area (Å²) in [6, 6.07) is 4.61. The molecule has 2 nitrogen and oxygen atoms in total. The molecule has 1 fully saturated rings. The highest BCUT2D eigenvalue weighted by Crippen LogP contribution is 2.36. The third kappa shape index (κ3) is 2.44. The van der Waals surface area contributed by atoms with Crippen molar-refractivity contribution in [3.8, 4) is 0 Å². The van der Waals surface area contributed by atoms with E-state index in [1.54, 1.807) is 0 Å². The van der Waals surface area contributed by atoms with Gasteiger partial charge in [-0.25, -0.2) is 0 Å². The Morgan fingerprint density at radius 3 is 2.89 bits per heavy atom. The first kappa shape index (κ1) is 12.2. The third-order valence-electron chi connectivity index (χ3n) is 4.84. The Bertz CT molecular complexity index is 396. The average Bonchev–Trinajstić information content (AvgIpc) is 2.91. The maximum Gasteiger partial charge on any atom is 0.0481 e. The highest BCUT2D eigenvalue weighted by molar-refractivity contribution is 5.27. The van der Waals surface area contributed by atoms with Gasteiger partial charge >= 0.3 is 0 Å². The van der Waals surface area contributed by atoms with Crippen molar-refractivity contribution in [2.75, 3.05) is 0 Å². The Morgan fingerprint density at radius 1 is 1.22 bits per heavy atom. The van der Waals surface area contributed by atoms with E-state index < -0.39 is 0 Å². The molecule has 1 heterocycles. The van der Waals surface area contributed by atoms with Crippen LogP contribution in [0.25, 0.3) is 0 Å². The molecule has 2 N–H and O–H groups in total. The molecule has 0 amide bonds. The minimum Gasteiger partial charge on any atom is -0.327 e. The van der Waals surface area contributed by atoms with E-state index in [-0.39, 0.29) is 0 Å². The fourth-order valence-electron chi connectivity index (χ4n) is 3.86. The van der Waals surface area contributed by atoms with E-state index in [1.807, 2.05) is 6.20 Å². The van der Waals surface area contributed by atoms with Crippen molar-refractivity contribution in [3.63, 3.8) is 0 Å². The van der Waals surface area contributed by atoms with Gasteiger partial charge in [-0.15, -0.1) is 0 Å². The Kier molecular flexibility index (Phi) is 3.64. The lowest BCUT2D eigenvalue weighted by Gasteiger charge is -2.30. The molecule has 0 radical (unpaired) electrons. The molecule has 0 aliphatic heterocycles. The van der Waals surface area contributed by atoms with Gasteiger partial charge in [-0.05, 0) is 43.2 Å². The number of nitrogens with zero attached hydrogens (tertiary/aromatic N) is 1. The number of hydrogen-bond acceptors (Lipinski definition) is 2. The Morgan fingerprint density at radius 2 is 2.06 bits per heavy atom. The zero-order valence-electron chi connectivity index (χ0n) is 11.1. The van der Waals surface area contributed by atoms with Crippen LogP contribution >= 0.6 is 0 Å². The molecule has 2 aliphatic rings. The summed E-state index contributed by atoms with van der Waals surface area (Å²) in [5.41, 5.74) is 9.24. The van der Waals surface area contributed by atoms with Gasteiger partial charge < -0.3 is 5.73 Å². The zero-order valence-corrected chi connectivity index (χ0v) is 11.1. The summed E-state index contributed by atoms with van der Waals surface area (Å²) in [6.07, 6.45) is 12.5. The van der Waals surface area contributed by atoms with Crippen LogP contribution < -0.4 is 5.73 Å². The number of aromatic nitrogens is 1. The van der Waals surface area contributed by atoms with Gasteiger partial charge in [0.25, 0.3) is 0 Å². The maximum atomic E-state index is 6.50. The number of hydrogen-bond donors (Lipinski definition) is 1. The van der Waals surface area contributed by atoms with Crippen LogP contribution in [0.15, 0.2) is 18.3 Å². The van der Waals surface area contributed by atoms with Crippen LogP contribution in [0.3, 0.4) is 0 Å². The minimum atomic E-state index is 0.321. The molecular formula is C16H24N2. The van der Waals surface area contributed by atoms with Crippen LogP contribution in [-0.4, -0.2) is 11.0 Å². The fourth-order valence-corrected chi connectivity index (χ4v) is 3.86. The predicted molar refractivity (Wildman–Crippen MR) is 74.5 cm³/mol. The second-order valence-electron chi connectivity index (χ2n) is 6.10. The molecule has 2 aliphatic carbocycles. The van der Waals surface area contributed by atoms with E-state index in [4.69, 9.17) is 5.73 Å². The van der Waals surface area contributed by atoms with E-state index in [2.05, 4.69) is 17.1 Å². The molecule has 0 aromatic carbocycles. The van der Waals surface area contributed by atoms with Gasteiger partial charge in [0.05, 0.1) is 0 Å². The summed E-state index contributed by atoms with van der Waals surface area (Å²) in [5.74, 6) is 1.39. The van der Waals surface area contributed by atoms with E-state index in [9.17, 15) is 0 Å². The molecule has 2 unspecified atom stereocenters. The van der Waals surface area contributed by atoms with Crippen LogP contribution in [0.4, 0.5) is 0 Å². The molecule has 98 valence electrons. The molecule has 3 rings (SSSR count). The summed E-state index contributed by atoms with van der Waals surface area (Å²) in [4.78, 5) is 4.62. The Hall–Kier alpha value is -0.890. The normalized spacial score (nSPS) is 25.9. The molecule has 0 spiro atoms. The molecule has 18 heavy (non-hydrogen) atoms. The van der Waals surface area contributed by atoms with Crippen molar-refractivity contribution in [2.45, 2.75) is 63.3 Å². The standard InChI is InChI=1S/C16H24N2/c17-15(11-12-5-1-2-6-12)14-9-3-7-13-8-4-10-18-16(13)14/h4,8,10,12,14-15H,1-3,5-7,9,11,17H2. The Labute approximate surface area is 110 Å². The maximum absolute atomic E-state index is 6.50. The van der Waals surface area contributed by atoms with Gasteiger partial charge in [-0.2, -0.15) is 0 Å². The van der Waals surface area contributed by atoms with E-state index in [0.717, 1.165) is 5.92 Å². The molecule has 1 saturated carbocycles. The van der Waals surface area contributed by atoms with Gasteiger partial charge in [0.1, 0.15) is 0 Å². The summed E-state index contributed by atoms with van der Waals surface area (Å²) in [7, 11) is 0. The lowest BCUT2D eigenvalue weighted by molar-refractivity contribution is 0.368. The molecule has 2 heteroatoms. The van der Waals surface area contributed by atoms with Crippen molar-refractivity contribution in [2.24, 2.45) is 11.7 Å². The van der Waals surface area contributed by atoms with Gasteiger partial charge in [-0.1, -0.05) is 31.7 Å². The molecule has 1 aromatic rings. The zero-order chi connectivity index (χ0) is 12.4. The lowest BCUT2D eigenvalue weighted by Crippen LogP contribution is -2.33. The summed E-state index contributed by atoms with van der Waals surface area (Å²) >= 11 is 0. The fraction of sp³-hybridized carbons (Fsp3) is 0.688. The van der Waals surface area contributed by atoms with Crippen LogP contribution in [0.5, 0.6) is 0 Å². The summed E-state index contributed by atoms with van der Waals surface area (Å²) < 4.78 is 0. The number of rotatable bonds is 3. The monoisotopic (exact) mass is 244 g/mol. The first-order valence-corrected chi connectivity index (χ1v) is 7.54. The van der Waals surface area contributed by atoms with Crippen molar-refractivity contribution in [1.29, 1.82) is 0 Å². The van der Waals surface area contributed by atoms with E-state index >= 15 is 0 Å². The molecular weight excluding hydrogens is 220 g/mol. The van der Waals surface area contributed by atoms with Gasteiger partial charge in [-0.3, -0.25) is 4.98 Å². The van der Waals surface area contributed by atoms with Gasteiger partial charge in [0, 0.05) is 23.9 Å². The minimum absolute atomic E-state index is 0.321. The average molecular weight is 244 g/mol. The predicted octanol–water partition coefficient (Wildman–Crippen LogP) is 3.41. The second kappa shape index (κ2) is 5.40. The number of aryl methyl sites for hydroxylation is 1. The highest BCUT2D eigenvalue weighted by Gasteiger charge is 2.29. The molecule has 2 atom stereocenters. The summed E-state index contributed by atoms with van der Waals surface area (Å²) in [5, 5.41) is 0. The third-order valence-corrected chi connectivity index (χ3v) is 4.84. The van der Waals surface area contributed by atoms with Crippen LogP contribution in [0.2, 0.25) is 0 Å². The number of fused-ring (bicyclic) bond motifs is 1.